The highest BCUT2D eigenvalue weighted by atomic mass is 16.5. The molecule has 0 aliphatic rings. The molecule has 112 valence electrons. The van der Waals surface area contributed by atoms with Gasteiger partial charge in [-0.25, -0.2) is 0 Å². The molecule has 0 amide bonds. The van der Waals surface area contributed by atoms with E-state index in [2.05, 4.69) is 43.2 Å². The number of nitrogens with zero attached hydrogens (tertiary/aromatic N) is 1. The van der Waals surface area contributed by atoms with E-state index in [0.717, 1.165) is 36.6 Å². The lowest BCUT2D eigenvalue weighted by Crippen LogP contribution is -2.13. The van der Waals surface area contributed by atoms with Crippen LogP contribution in [-0.2, 0) is 6.54 Å². The molecule has 0 fully saturated rings. The summed E-state index contributed by atoms with van der Waals surface area (Å²) in [5.41, 5.74) is 2.42. The lowest BCUT2D eigenvalue weighted by Gasteiger charge is -2.10. The molecule has 21 heavy (non-hydrogen) atoms. The van der Waals surface area contributed by atoms with Gasteiger partial charge in [0.15, 0.2) is 0 Å². The molecule has 1 N–H and O–H groups in total. The number of hydrogen-bond acceptors (Lipinski definition) is 3. The Morgan fingerprint density at radius 2 is 2.00 bits per heavy atom. The lowest BCUT2D eigenvalue weighted by molar-refractivity contribution is 0.478. The summed E-state index contributed by atoms with van der Waals surface area (Å²) in [4.78, 5) is 4.25. The Morgan fingerprint density at radius 3 is 2.76 bits per heavy atom. The smallest absolute Gasteiger partial charge is 0.146 e. The van der Waals surface area contributed by atoms with Crippen molar-refractivity contribution in [1.29, 1.82) is 0 Å². The molecule has 0 atom stereocenters. The summed E-state index contributed by atoms with van der Waals surface area (Å²) in [5.74, 6) is 2.14. The molecule has 0 spiro atoms. The zero-order valence-corrected chi connectivity index (χ0v) is 13.1. The van der Waals surface area contributed by atoms with Crippen LogP contribution in [0.5, 0.6) is 11.5 Å². The summed E-state index contributed by atoms with van der Waals surface area (Å²) in [6, 6.07) is 10.3. The fraction of sp³-hybridized carbons (Fsp3) is 0.389. The molecule has 2 aromatic rings. The molecule has 0 aliphatic heterocycles. The van der Waals surface area contributed by atoms with Gasteiger partial charge in [0, 0.05) is 12.7 Å². The van der Waals surface area contributed by atoms with E-state index in [9.17, 15) is 0 Å². The third-order valence-electron chi connectivity index (χ3n) is 3.29. The predicted octanol–water partition coefficient (Wildman–Crippen LogP) is 4.50. The molecule has 0 saturated carbocycles. The van der Waals surface area contributed by atoms with Crippen LogP contribution in [0, 0.1) is 0 Å². The number of hydrogen-bond donors (Lipinski definition) is 1. The number of benzene rings is 1. The highest BCUT2D eigenvalue weighted by Crippen LogP contribution is 2.25. The zero-order chi connectivity index (χ0) is 15.1. The largest absolute Gasteiger partial charge is 0.456 e. The summed E-state index contributed by atoms with van der Waals surface area (Å²) < 4.78 is 5.93. The van der Waals surface area contributed by atoms with Gasteiger partial charge in [0.1, 0.15) is 11.5 Å². The summed E-state index contributed by atoms with van der Waals surface area (Å²) in [6.07, 6.45) is 4.76. The quantitative estimate of drug-likeness (QED) is 0.760. The van der Waals surface area contributed by atoms with Crippen molar-refractivity contribution < 1.29 is 4.74 Å². The Kier molecular flexibility index (Phi) is 5.76. The minimum absolute atomic E-state index is 0.497. The third kappa shape index (κ3) is 4.87. The monoisotopic (exact) mass is 284 g/mol. The lowest BCUT2D eigenvalue weighted by atomic mass is 10.0. The summed E-state index contributed by atoms with van der Waals surface area (Å²) >= 11 is 0. The Bertz CT molecular complexity index is 567. The van der Waals surface area contributed by atoms with E-state index >= 15 is 0 Å². The fourth-order valence-electron chi connectivity index (χ4n) is 2.10. The van der Waals surface area contributed by atoms with Crippen molar-refractivity contribution in [2.24, 2.45) is 0 Å². The average molecular weight is 284 g/mol. The van der Waals surface area contributed by atoms with Crippen LogP contribution < -0.4 is 10.1 Å². The van der Waals surface area contributed by atoms with Gasteiger partial charge in [0.2, 0.25) is 0 Å². The van der Waals surface area contributed by atoms with Gasteiger partial charge in [0.25, 0.3) is 0 Å². The van der Waals surface area contributed by atoms with Gasteiger partial charge in [-0.3, -0.25) is 4.98 Å². The van der Waals surface area contributed by atoms with E-state index in [0.29, 0.717) is 5.92 Å². The molecule has 1 aromatic carbocycles. The number of nitrogens with one attached hydrogen (secondary N) is 1. The van der Waals surface area contributed by atoms with Crippen molar-refractivity contribution in [3.8, 4) is 11.5 Å². The van der Waals surface area contributed by atoms with Gasteiger partial charge in [0.05, 0.1) is 6.20 Å². The molecule has 0 bridgehead atoms. The van der Waals surface area contributed by atoms with Crippen LogP contribution in [0.15, 0.2) is 42.7 Å². The van der Waals surface area contributed by atoms with Crippen LogP contribution in [0.3, 0.4) is 0 Å². The van der Waals surface area contributed by atoms with E-state index in [1.54, 1.807) is 6.20 Å². The molecule has 2 rings (SSSR count). The minimum Gasteiger partial charge on any atom is -0.456 e. The zero-order valence-electron chi connectivity index (χ0n) is 13.1. The van der Waals surface area contributed by atoms with Crippen LogP contribution in [0.25, 0.3) is 0 Å². The molecular weight excluding hydrogens is 260 g/mol. The summed E-state index contributed by atoms with van der Waals surface area (Å²) in [5, 5.41) is 3.37. The molecule has 1 heterocycles. The van der Waals surface area contributed by atoms with Gasteiger partial charge in [-0.05, 0) is 48.2 Å². The van der Waals surface area contributed by atoms with Gasteiger partial charge in [-0.2, -0.15) is 0 Å². The second-order valence-corrected chi connectivity index (χ2v) is 5.53. The standard InChI is InChI=1S/C18H24N2O/c1-4-8-19-11-15-9-18(13-20-12-15)21-17-7-5-6-16(10-17)14(2)3/h5-7,9-10,12-14,19H,4,8,11H2,1-3H3. The highest BCUT2D eigenvalue weighted by molar-refractivity contribution is 5.35. The predicted molar refractivity (Wildman–Crippen MR) is 86.8 cm³/mol. The van der Waals surface area contributed by atoms with Crippen molar-refractivity contribution in [2.75, 3.05) is 6.54 Å². The van der Waals surface area contributed by atoms with E-state index in [4.69, 9.17) is 4.74 Å². The second-order valence-electron chi connectivity index (χ2n) is 5.53. The maximum Gasteiger partial charge on any atom is 0.146 e. The first kappa shape index (κ1) is 15.5. The van der Waals surface area contributed by atoms with Crippen molar-refractivity contribution in [1.82, 2.24) is 10.3 Å². The summed E-state index contributed by atoms with van der Waals surface area (Å²) in [7, 11) is 0. The van der Waals surface area contributed by atoms with E-state index < -0.39 is 0 Å². The number of aromatic nitrogens is 1. The number of pyridine rings is 1. The van der Waals surface area contributed by atoms with Crippen molar-refractivity contribution >= 4 is 0 Å². The molecule has 0 saturated heterocycles. The second kappa shape index (κ2) is 7.79. The van der Waals surface area contributed by atoms with Crippen LogP contribution in [0.1, 0.15) is 44.2 Å². The van der Waals surface area contributed by atoms with Crippen molar-refractivity contribution in [3.63, 3.8) is 0 Å². The fourth-order valence-corrected chi connectivity index (χ4v) is 2.10. The van der Waals surface area contributed by atoms with Gasteiger partial charge in [-0.15, -0.1) is 0 Å². The molecule has 3 nitrogen and oxygen atoms in total. The van der Waals surface area contributed by atoms with Gasteiger partial charge >= 0.3 is 0 Å². The summed E-state index contributed by atoms with van der Waals surface area (Å²) in [6.45, 7) is 8.36. The first-order valence-corrected chi connectivity index (χ1v) is 7.61. The Morgan fingerprint density at radius 1 is 1.14 bits per heavy atom. The third-order valence-corrected chi connectivity index (χ3v) is 3.29. The van der Waals surface area contributed by atoms with Crippen LogP contribution in [0.2, 0.25) is 0 Å². The van der Waals surface area contributed by atoms with Crippen LogP contribution >= 0.6 is 0 Å². The molecule has 1 aromatic heterocycles. The molecule has 0 aliphatic carbocycles. The number of ether oxygens (including phenoxy) is 1. The average Bonchev–Trinajstić information content (AvgIpc) is 2.48. The van der Waals surface area contributed by atoms with Gasteiger partial charge in [-0.1, -0.05) is 32.9 Å². The molecular formula is C18H24N2O. The van der Waals surface area contributed by atoms with Crippen LogP contribution in [-0.4, -0.2) is 11.5 Å². The first-order valence-electron chi connectivity index (χ1n) is 7.61. The Labute approximate surface area is 127 Å². The SMILES string of the molecule is CCCNCc1cncc(Oc2cccc(C(C)C)c2)c1. The van der Waals surface area contributed by atoms with Crippen molar-refractivity contribution in [2.45, 2.75) is 39.7 Å². The highest BCUT2D eigenvalue weighted by Gasteiger charge is 2.03. The normalized spacial score (nSPS) is 10.9. The maximum absolute atomic E-state index is 5.93. The van der Waals surface area contributed by atoms with Crippen molar-refractivity contribution in [3.05, 3.63) is 53.9 Å². The minimum atomic E-state index is 0.497. The van der Waals surface area contributed by atoms with Gasteiger partial charge < -0.3 is 10.1 Å². The van der Waals surface area contributed by atoms with E-state index in [-0.39, 0.29) is 0 Å². The van der Waals surface area contributed by atoms with E-state index in [1.165, 1.54) is 5.56 Å². The molecule has 0 radical (unpaired) electrons. The Balaban J connectivity index is 2.05. The van der Waals surface area contributed by atoms with Crippen LogP contribution in [0.4, 0.5) is 0 Å². The Hall–Kier alpha value is -1.87. The number of rotatable bonds is 7. The first-order chi connectivity index (χ1) is 10.2. The molecule has 3 heteroatoms. The maximum atomic E-state index is 5.93. The van der Waals surface area contributed by atoms with E-state index in [1.807, 2.05) is 24.4 Å². The topological polar surface area (TPSA) is 34.2 Å². The molecule has 0 unspecified atom stereocenters.